The molecule has 2 aliphatic heterocycles. The van der Waals surface area contributed by atoms with Crippen molar-refractivity contribution in [2.75, 3.05) is 26.4 Å². The molecule has 2 aromatic carbocycles. The molecule has 0 aliphatic carbocycles. The van der Waals surface area contributed by atoms with E-state index in [2.05, 4.69) is 10.3 Å². The number of ether oxygens (including phenoxy) is 3. The monoisotopic (exact) mass is 575 g/mol. The molecule has 1 saturated heterocycles. The minimum atomic E-state index is -0.643. The molecule has 2 aliphatic rings. The zero-order chi connectivity index (χ0) is 28.8. The molecule has 1 aromatic heterocycles. The number of esters is 1. The van der Waals surface area contributed by atoms with Crippen molar-refractivity contribution in [2.24, 2.45) is 4.99 Å². The zero-order valence-corrected chi connectivity index (χ0v) is 23.9. The van der Waals surface area contributed by atoms with E-state index in [1.165, 1.54) is 11.8 Å². The van der Waals surface area contributed by atoms with Crippen LogP contribution >= 0.6 is 11.8 Å². The molecule has 3 heterocycles. The molecule has 214 valence electrons. The number of benzene rings is 2. The van der Waals surface area contributed by atoms with Gasteiger partial charge in [-0.3, -0.25) is 4.79 Å². The molecule has 0 saturated carbocycles. The fourth-order valence-corrected chi connectivity index (χ4v) is 5.82. The number of carbonyl (C=O) groups excluding carboxylic acids is 2. The van der Waals surface area contributed by atoms with Crippen LogP contribution in [-0.2, 0) is 25.6 Å². The zero-order valence-electron chi connectivity index (χ0n) is 23.1. The maximum Gasteiger partial charge on any atom is 0.344 e. The molecule has 9 nitrogen and oxygen atoms in total. The quantitative estimate of drug-likeness (QED) is 0.306. The number of aliphatic hydroxyl groups excluding tert-OH is 1. The Kier molecular flexibility index (Phi) is 9.11. The van der Waals surface area contributed by atoms with Crippen molar-refractivity contribution in [1.29, 1.82) is 0 Å². The highest BCUT2D eigenvalue weighted by molar-refractivity contribution is 8.18. The van der Waals surface area contributed by atoms with E-state index < -0.39 is 5.97 Å². The largest absolute Gasteiger partial charge is 0.506 e. The number of nitrogens with zero attached hydrogens (tertiary/aromatic N) is 2. The topological polar surface area (TPSA) is 111 Å². The van der Waals surface area contributed by atoms with Crippen LogP contribution in [0.1, 0.15) is 32.3 Å². The molecular formula is C31H33N3O6S. The van der Waals surface area contributed by atoms with E-state index in [0.717, 1.165) is 41.7 Å². The average molecular weight is 576 g/mol. The fraction of sp³-hybridized carbons (Fsp3) is 0.323. The van der Waals surface area contributed by atoms with Crippen LogP contribution in [0, 0.1) is 0 Å². The third kappa shape index (κ3) is 6.66. The van der Waals surface area contributed by atoms with Gasteiger partial charge in [-0.15, -0.1) is 0 Å². The summed E-state index contributed by atoms with van der Waals surface area (Å²) < 4.78 is 18.2. The Morgan fingerprint density at radius 3 is 2.71 bits per heavy atom. The number of aliphatic hydroxyl groups is 1. The van der Waals surface area contributed by atoms with Gasteiger partial charge in [0, 0.05) is 35.8 Å². The second kappa shape index (κ2) is 13.1. The lowest BCUT2D eigenvalue weighted by Crippen LogP contribution is -2.34. The maximum absolute atomic E-state index is 12.8. The van der Waals surface area contributed by atoms with Crippen molar-refractivity contribution in [3.8, 4) is 5.75 Å². The van der Waals surface area contributed by atoms with E-state index in [4.69, 9.17) is 14.2 Å². The summed E-state index contributed by atoms with van der Waals surface area (Å²) >= 11 is 1.19. The van der Waals surface area contributed by atoms with E-state index >= 15 is 0 Å². The normalized spacial score (nSPS) is 18.9. The van der Waals surface area contributed by atoms with Crippen molar-refractivity contribution in [1.82, 2.24) is 9.88 Å². The summed E-state index contributed by atoms with van der Waals surface area (Å²) in [5.41, 5.74) is 2.31. The summed E-state index contributed by atoms with van der Waals surface area (Å²) in [5, 5.41) is 15.4. The van der Waals surface area contributed by atoms with Crippen molar-refractivity contribution >= 4 is 51.3 Å². The Bertz CT molecular complexity index is 1520. The SMILES string of the molecule is CCOC(=O)C1=C(O)/C(=C/c2cn(CC(=O)NC[C@H]3CCCO3)c3ccccc23)SC1=Nc1ccc(OCC)cc1. The molecule has 10 heteroatoms. The first-order valence-electron chi connectivity index (χ1n) is 13.7. The first-order valence-corrected chi connectivity index (χ1v) is 14.6. The minimum absolute atomic E-state index is 0.0224. The Morgan fingerprint density at radius 2 is 1.98 bits per heavy atom. The lowest BCUT2D eigenvalue weighted by molar-refractivity contribution is -0.138. The van der Waals surface area contributed by atoms with Gasteiger partial charge in [-0.2, -0.15) is 0 Å². The summed E-state index contributed by atoms with van der Waals surface area (Å²) in [6.45, 7) is 5.72. The molecule has 0 unspecified atom stereocenters. The van der Waals surface area contributed by atoms with Crippen LogP contribution in [0.25, 0.3) is 17.0 Å². The number of hydrogen-bond acceptors (Lipinski definition) is 8. The summed E-state index contributed by atoms with van der Waals surface area (Å²) in [6, 6.07) is 14.9. The average Bonchev–Trinajstić information content (AvgIpc) is 3.68. The van der Waals surface area contributed by atoms with Crippen LogP contribution in [0.3, 0.4) is 0 Å². The lowest BCUT2D eigenvalue weighted by atomic mass is 10.1. The first-order chi connectivity index (χ1) is 20.0. The third-order valence-corrected chi connectivity index (χ3v) is 7.74. The molecule has 3 aromatic rings. The molecule has 2 N–H and O–H groups in total. The molecule has 1 fully saturated rings. The van der Waals surface area contributed by atoms with Gasteiger partial charge >= 0.3 is 5.97 Å². The van der Waals surface area contributed by atoms with Gasteiger partial charge in [0.05, 0.1) is 29.9 Å². The molecule has 0 radical (unpaired) electrons. The van der Waals surface area contributed by atoms with Gasteiger partial charge in [0.2, 0.25) is 5.91 Å². The highest BCUT2D eigenvalue weighted by Crippen LogP contribution is 2.41. The number of hydrogen-bond donors (Lipinski definition) is 2. The van der Waals surface area contributed by atoms with Gasteiger partial charge < -0.3 is 29.2 Å². The summed E-state index contributed by atoms with van der Waals surface area (Å²) in [6.07, 6.45) is 5.73. The number of fused-ring (bicyclic) bond motifs is 1. The fourth-order valence-electron chi connectivity index (χ4n) is 4.80. The van der Waals surface area contributed by atoms with Gasteiger partial charge in [-0.25, -0.2) is 9.79 Å². The third-order valence-electron chi connectivity index (χ3n) is 6.72. The van der Waals surface area contributed by atoms with E-state index in [1.54, 1.807) is 31.2 Å². The standard InChI is InChI=1S/C31H33N3O6S/c1-3-38-22-13-11-21(12-14-22)33-30-28(31(37)39-4-2)29(36)26(41-30)16-20-18-34(25-10-6-5-9-24(20)25)19-27(35)32-17-23-8-7-15-40-23/h5-6,9-14,16,18,23,36H,3-4,7-8,15,17,19H2,1-2H3,(H,32,35)/b26-16-,33-30?/t23-/m1/s1. The molecule has 0 spiro atoms. The van der Waals surface area contributed by atoms with E-state index in [0.29, 0.717) is 28.8 Å². The molecule has 1 amide bonds. The smallest absolute Gasteiger partial charge is 0.344 e. The Balaban J connectivity index is 1.44. The number of para-hydroxylation sites is 1. The molecular weight excluding hydrogens is 542 g/mol. The van der Waals surface area contributed by atoms with Crippen molar-refractivity contribution in [3.63, 3.8) is 0 Å². The number of nitrogens with one attached hydrogen (secondary N) is 1. The van der Waals surface area contributed by atoms with Gasteiger partial charge in [0.1, 0.15) is 28.7 Å². The first kappa shape index (κ1) is 28.5. The Hall–Kier alpha value is -4.02. The maximum atomic E-state index is 12.8. The van der Waals surface area contributed by atoms with Gasteiger partial charge in [0.15, 0.2) is 0 Å². The lowest BCUT2D eigenvalue weighted by Gasteiger charge is -2.11. The summed E-state index contributed by atoms with van der Waals surface area (Å²) in [7, 11) is 0. The van der Waals surface area contributed by atoms with Crippen LogP contribution in [-0.4, -0.2) is 59.1 Å². The number of thioether (sulfide) groups is 1. The van der Waals surface area contributed by atoms with Crippen LogP contribution in [0.4, 0.5) is 5.69 Å². The highest BCUT2D eigenvalue weighted by atomic mass is 32.2. The summed E-state index contributed by atoms with van der Waals surface area (Å²) in [4.78, 5) is 30.7. The number of aliphatic imine (C=N–C) groups is 1. The van der Waals surface area contributed by atoms with Crippen LogP contribution in [0.15, 0.2) is 76.0 Å². The van der Waals surface area contributed by atoms with Gasteiger partial charge in [-0.05, 0) is 63.1 Å². The van der Waals surface area contributed by atoms with E-state index in [-0.39, 0.29) is 36.5 Å². The predicted molar refractivity (Wildman–Crippen MR) is 160 cm³/mol. The molecule has 1 atom stereocenters. The second-order valence-electron chi connectivity index (χ2n) is 9.57. The second-order valence-corrected chi connectivity index (χ2v) is 10.6. The molecule has 41 heavy (non-hydrogen) atoms. The molecule has 0 bridgehead atoms. The number of aromatic nitrogens is 1. The van der Waals surface area contributed by atoms with Crippen LogP contribution in [0.5, 0.6) is 5.75 Å². The Labute approximate surface area is 242 Å². The van der Waals surface area contributed by atoms with Crippen molar-refractivity contribution < 1.29 is 28.9 Å². The number of rotatable bonds is 10. The summed E-state index contributed by atoms with van der Waals surface area (Å²) in [5.74, 6) is -0.218. The minimum Gasteiger partial charge on any atom is -0.506 e. The Morgan fingerprint density at radius 1 is 1.17 bits per heavy atom. The van der Waals surface area contributed by atoms with Crippen LogP contribution in [0.2, 0.25) is 0 Å². The van der Waals surface area contributed by atoms with Crippen LogP contribution < -0.4 is 10.1 Å². The van der Waals surface area contributed by atoms with E-state index in [9.17, 15) is 14.7 Å². The number of carbonyl (C=O) groups is 2. The highest BCUT2D eigenvalue weighted by Gasteiger charge is 2.33. The van der Waals surface area contributed by atoms with Gasteiger partial charge in [0.25, 0.3) is 0 Å². The predicted octanol–water partition coefficient (Wildman–Crippen LogP) is 5.53. The molecule has 5 rings (SSSR count). The van der Waals surface area contributed by atoms with E-state index in [1.807, 2.05) is 48.0 Å². The van der Waals surface area contributed by atoms with Crippen molar-refractivity contribution in [2.45, 2.75) is 39.3 Å². The van der Waals surface area contributed by atoms with Crippen molar-refractivity contribution in [3.05, 3.63) is 76.5 Å². The number of amides is 1. The van der Waals surface area contributed by atoms with Gasteiger partial charge in [-0.1, -0.05) is 30.0 Å².